The van der Waals surface area contributed by atoms with Crippen LogP contribution in [0.5, 0.6) is 5.75 Å². The second-order valence-electron chi connectivity index (χ2n) is 5.39. The van der Waals surface area contributed by atoms with Crippen LogP contribution in [0.4, 0.5) is 0 Å². The van der Waals surface area contributed by atoms with Crippen LogP contribution < -0.4 is 10.1 Å². The summed E-state index contributed by atoms with van der Waals surface area (Å²) < 4.78 is 5.16. The Morgan fingerprint density at radius 3 is 2.48 bits per heavy atom. The van der Waals surface area contributed by atoms with Crippen LogP contribution in [0.1, 0.15) is 36.9 Å². The van der Waals surface area contributed by atoms with E-state index >= 15 is 0 Å². The maximum absolute atomic E-state index is 12.2. The molecule has 0 saturated carbocycles. The van der Waals surface area contributed by atoms with Crippen molar-refractivity contribution in [2.24, 2.45) is 0 Å². The Bertz CT molecular complexity index is 640. The highest BCUT2D eigenvalue weighted by Crippen LogP contribution is 2.21. The van der Waals surface area contributed by atoms with Gasteiger partial charge in [0.05, 0.1) is 13.2 Å². The average Bonchev–Trinajstić information content (AvgIpc) is 2.59. The average molecular weight is 332 g/mol. The Balaban J connectivity index is 1.92. The molecule has 0 bridgehead atoms. The summed E-state index contributed by atoms with van der Waals surface area (Å²) in [7, 11) is 1.64. The van der Waals surface area contributed by atoms with Gasteiger partial charge in [0.1, 0.15) is 5.75 Å². The van der Waals surface area contributed by atoms with E-state index in [2.05, 4.69) is 12.2 Å². The van der Waals surface area contributed by atoms with Crippen molar-refractivity contribution in [3.63, 3.8) is 0 Å². The number of ether oxygens (including phenoxy) is 1. The number of methoxy groups -OCH3 is 1. The van der Waals surface area contributed by atoms with E-state index < -0.39 is 0 Å². The summed E-state index contributed by atoms with van der Waals surface area (Å²) in [4.78, 5) is 12.2. The molecular weight excluding hydrogens is 310 g/mol. The van der Waals surface area contributed by atoms with Crippen molar-refractivity contribution in [3.05, 3.63) is 64.7 Å². The fourth-order valence-electron chi connectivity index (χ4n) is 2.47. The molecule has 4 heteroatoms. The lowest BCUT2D eigenvalue weighted by Crippen LogP contribution is -2.28. The smallest absolute Gasteiger partial charge is 0.220 e. The van der Waals surface area contributed by atoms with Gasteiger partial charge in [0.25, 0.3) is 0 Å². The van der Waals surface area contributed by atoms with E-state index in [9.17, 15) is 4.79 Å². The molecule has 0 radical (unpaired) electrons. The SMILES string of the molecule is CC[C@@H](NC(=O)CCc1ccccc1Cl)c1ccc(OC)cc1. The van der Waals surface area contributed by atoms with Gasteiger partial charge >= 0.3 is 0 Å². The third-order valence-corrected chi connectivity index (χ3v) is 4.21. The van der Waals surface area contributed by atoms with Crippen LogP contribution in [0, 0.1) is 0 Å². The normalized spacial score (nSPS) is 11.8. The summed E-state index contributed by atoms with van der Waals surface area (Å²) in [5.74, 6) is 0.848. The molecule has 2 aromatic rings. The number of benzene rings is 2. The maximum Gasteiger partial charge on any atom is 0.220 e. The first-order valence-corrected chi connectivity index (χ1v) is 8.18. The van der Waals surface area contributed by atoms with Crippen molar-refractivity contribution in [3.8, 4) is 5.75 Å². The molecule has 2 rings (SSSR count). The first-order chi connectivity index (χ1) is 11.1. The fraction of sp³-hybridized carbons (Fsp3) is 0.316. The molecule has 1 atom stereocenters. The first kappa shape index (κ1) is 17.4. The third kappa shape index (κ3) is 5.00. The van der Waals surface area contributed by atoms with Gasteiger partial charge in [-0.05, 0) is 42.2 Å². The van der Waals surface area contributed by atoms with E-state index in [-0.39, 0.29) is 11.9 Å². The van der Waals surface area contributed by atoms with Crippen molar-refractivity contribution in [1.29, 1.82) is 0 Å². The summed E-state index contributed by atoms with van der Waals surface area (Å²) in [6.45, 7) is 2.06. The monoisotopic (exact) mass is 331 g/mol. The van der Waals surface area contributed by atoms with Gasteiger partial charge in [0, 0.05) is 11.4 Å². The van der Waals surface area contributed by atoms with E-state index in [4.69, 9.17) is 16.3 Å². The molecular formula is C19H22ClNO2. The Morgan fingerprint density at radius 2 is 1.87 bits per heavy atom. The lowest BCUT2D eigenvalue weighted by atomic mass is 10.0. The van der Waals surface area contributed by atoms with Crippen molar-refractivity contribution >= 4 is 17.5 Å². The zero-order valence-electron chi connectivity index (χ0n) is 13.5. The fourth-order valence-corrected chi connectivity index (χ4v) is 2.70. The summed E-state index contributed by atoms with van der Waals surface area (Å²) in [6, 6.07) is 15.4. The lowest BCUT2D eigenvalue weighted by Gasteiger charge is -2.18. The summed E-state index contributed by atoms with van der Waals surface area (Å²) in [5, 5.41) is 3.80. The number of carbonyl (C=O) groups is 1. The second-order valence-corrected chi connectivity index (χ2v) is 5.80. The van der Waals surface area contributed by atoms with Gasteiger partial charge in [0.15, 0.2) is 0 Å². The minimum Gasteiger partial charge on any atom is -0.497 e. The molecule has 1 N–H and O–H groups in total. The molecule has 0 aliphatic heterocycles. The van der Waals surface area contributed by atoms with Gasteiger partial charge in [-0.15, -0.1) is 0 Å². The van der Waals surface area contributed by atoms with Crippen molar-refractivity contribution in [1.82, 2.24) is 5.32 Å². The Hall–Kier alpha value is -2.00. The quantitative estimate of drug-likeness (QED) is 0.808. The number of amides is 1. The Kier molecular flexibility index (Phi) is 6.48. The molecule has 0 aromatic heterocycles. The molecule has 3 nitrogen and oxygen atoms in total. The number of aryl methyl sites for hydroxylation is 1. The van der Waals surface area contributed by atoms with Crippen molar-refractivity contribution in [2.75, 3.05) is 7.11 Å². The highest BCUT2D eigenvalue weighted by molar-refractivity contribution is 6.31. The van der Waals surface area contributed by atoms with E-state index in [0.717, 1.165) is 23.3 Å². The van der Waals surface area contributed by atoms with Gasteiger partial charge in [-0.1, -0.05) is 48.9 Å². The standard InChI is InChI=1S/C19H22ClNO2/c1-3-18(15-8-11-16(23-2)12-9-15)21-19(22)13-10-14-6-4-5-7-17(14)20/h4-9,11-12,18H,3,10,13H2,1-2H3,(H,21,22)/t18-/m1/s1. The number of rotatable bonds is 7. The van der Waals surface area contributed by atoms with Crippen LogP contribution in [0.15, 0.2) is 48.5 Å². The summed E-state index contributed by atoms with van der Waals surface area (Å²) in [5.41, 5.74) is 2.08. The number of halogens is 1. The second kappa shape index (κ2) is 8.59. The summed E-state index contributed by atoms with van der Waals surface area (Å²) >= 11 is 6.12. The van der Waals surface area contributed by atoms with Crippen molar-refractivity contribution < 1.29 is 9.53 Å². The Morgan fingerprint density at radius 1 is 1.17 bits per heavy atom. The number of carbonyl (C=O) groups excluding carboxylic acids is 1. The van der Waals surface area contributed by atoms with Crippen LogP contribution in [0.25, 0.3) is 0 Å². The molecule has 0 aliphatic carbocycles. The van der Waals surface area contributed by atoms with Crippen molar-refractivity contribution in [2.45, 2.75) is 32.2 Å². The summed E-state index contributed by atoms with van der Waals surface area (Å²) in [6.07, 6.45) is 1.91. The van der Waals surface area contributed by atoms with Gasteiger partial charge in [-0.2, -0.15) is 0 Å². The molecule has 122 valence electrons. The molecule has 0 saturated heterocycles. The van der Waals surface area contributed by atoms with Crippen LogP contribution in [-0.2, 0) is 11.2 Å². The topological polar surface area (TPSA) is 38.3 Å². The van der Waals surface area contributed by atoms with Crippen LogP contribution in [0.3, 0.4) is 0 Å². The molecule has 23 heavy (non-hydrogen) atoms. The van der Waals surface area contributed by atoms with Gasteiger partial charge in [-0.3, -0.25) is 4.79 Å². The predicted octanol–water partition coefficient (Wildman–Crippen LogP) is 4.55. The first-order valence-electron chi connectivity index (χ1n) is 7.80. The largest absolute Gasteiger partial charge is 0.497 e. The zero-order chi connectivity index (χ0) is 16.7. The minimum atomic E-state index is 0.0136. The van der Waals surface area contributed by atoms with Crippen LogP contribution >= 0.6 is 11.6 Å². The molecule has 0 fully saturated rings. The molecule has 0 aliphatic rings. The predicted molar refractivity (Wildman–Crippen MR) is 93.9 cm³/mol. The van der Waals surface area contributed by atoms with Gasteiger partial charge < -0.3 is 10.1 Å². The maximum atomic E-state index is 12.2. The van der Waals surface area contributed by atoms with Crippen LogP contribution in [-0.4, -0.2) is 13.0 Å². The van der Waals surface area contributed by atoms with Gasteiger partial charge in [-0.25, -0.2) is 0 Å². The molecule has 1 amide bonds. The highest BCUT2D eigenvalue weighted by atomic mass is 35.5. The van der Waals surface area contributed by atoms with E-state index in [1.807, 2.05) is 48.5 Å². The number of nitrogens with one attached hydrogen (secondary N) is 1. The highest BCUT2D eigenvalue weighted by Gasteiger charge is 2.13. The number of hydrogen-bond donors (Lipinski definition) is 1. The minimum absolute atomic E-state index is 0.0136. The lowest BCUT2D eigenvalue weighted by molar-refractivity contribution is -0.121. The van der Waals surface area contributed by atoms with E-state index in [1.165, 1.54) is 0 Å². The molecule has 0 spiro atoms. The Labute approximate surface area is 142 Å². The van der Waals surface area contributed by atoms with E-state index in [1.54, 1.807) is 7.11 Å². The molecule has 0 heterocycles. The third-order valence-electron chi connectivity index (χ3n) is 3.84. The van der Waals surface area contributed by atoms with E-state index in [0.29, 0.717) is 17.9 Å². The zero-order valence-corrected chi connectivity index (χ0v) is 14.3. The molecule has 2 aromatic carbocycles. The van der Waals surface area contributed by atoms with Crippen LogP contribution in [0.2, 0.25) is 5.02 Å². The molecule has 0 unspecified atom stereocenters. The number of hydrogen-bond acceptors (Lipinski definition) is 2. The van der Waals surface area contributed by atoms with Gasteiger partial charge in [0.2, 0.25) is 5.91 Å².